The number of hydrazone groups is 1. The van der Waals surface area contributed by atoms with E-state index >= 15 is 0 Å². The van der Waals surface area contributed by atoms with Gasteiger partial charge in [-0.05, 0) is 78.9 Å². The molecule has 5 rings (SSSR count). The summed E-state index contributed by atoms with van der Waals surface area (Å²) in [6, 6.07) is 27.0. The number of furan rings is 1. The van der Waals surface area contributed by atoms with Gasteiger partial charge in [0.15, 0.2) is 5.76 Å². The molecule has 2 amide bonds. The number of para-hydroxylation sites is 2. The maximum absolute atomic E-state index is 12.7. The van der Waals surface area contributed by atoms with Crippen LogP contribution >= 0.6 is 23.2 Å². The van der Waals surface area contributed by atoms with Crippen LogP contribution in [0.1, 0.15) is 42.4 Å². The highest BCUT2D eigenvalue weighted by molar-refractivity contribution is 6.36. The molecular weight excluding hydrogens is 645 g/mol. The average Bonchev–Trinajstić information content (AvgIpc) is 3.61. The fourth-order valence-corrected chi connectivity index (χ4v) is 4.52. The van der Waals surface area contributed by atoms with Crippen molar-refractivity contribution in [2.24, 2.45) is 5.10 Å². The van der Waals surface area contributed by atoms with Gasteiger partial charge in [-0.1, -0.05) is 53.5 Å². The van der Waals surface area contributed by atoms with Gasteiger partial charge in [-0.2, -0.15) is 5.10 Å². The van der Waals surface area contributed by atoms with E-state index in [9.17, 15) is 19.2 Å². The molecule has 0 aliphatic rings. The first-order chi connectivity index (χ1) is 22.8. The predicted octanol–water partition coefficient (Wildman–Crippen LogP) is 7.44. The smallest absolute Gasteiger partial charge is 0.345 e. The third-order valence-corrected chi connectivity index (χ3v) is 6.87. The van der Waals surface area contributed by atoms with Crippen molar-refractivity contribution in [2.75, 3.05) is 5.32 Å². The van der Waals surface area contributed by atoms with Gasteiger partial charge in [0.25, 0.3) is 11.8 Å². The van der Waals surface area contributed by atoms with Gasteiger partial charge in [0.1, 0.15) is 11.5 Å². The SMILES string of the molecule is O=C(/C=C/c1ccccc1OC(=O)c1ccc(Cl)cc1Cl)Oc1ccccc1/C=N/NC(=O)c1ccc(NC(=O)c2ccco2)cc1. The average molecular weight is 668 g/mol. The number of hydrogen-bond donors (Lipinski definition) is 2. The summed E-state index contributed by atoms with van der Waals surface area (Å²) < 4.78 is 16.1. The molecule has 0 fully saturated rings. The molecule has 234 valence electrons. The van der Waals surface area contributed by atoms with Crippen LogP contribution in [-0.2, 0) is 4.79 Å². The van der Waals surface area contributed by atoms with Gasteiger partial charge in [0.2, 0.25) is 0 Å². The normalized spacial score (nSPS) is 10.9. The second-order valence-electron chi connectivity index (χ2n) is 9.55. The summed E-state index contributed by atoms with van der Waals surface area (Å²) >= 11 is 12.0. The molecular formula is C35H23Cl2N3O7. The summed E-state index contributed by atoms with van der Waals surface area (Å²) in [7, 11) is 0. The first-order valence-corrected chi connectivity index (χ1v) is 14.6. The van der Waals surface area contributed by atoms with E-state index in [0.29, 0.717) is 27.4 Å². The minimum absolute atomic E-state index is 0.133. The number of nitrogens with zero attached hydrogens (tertiary/aromatic N) is 1. The number of halogens is 2. The first kappa shape index (κ1) is 32.4. The van der Waals surface area contributed by atoms with Crippen LogP contribution in [0.4, 0.5) is 5.69 Å². The summed E-state index contributed by atoms with van der Waals surface area (Å²) in [6.07, 6.45) is 5.35. The Morgan fingerprint density at radius 1 is 0.745 bits per heavy atom. The quantitative estimate of drug-likeness (QED) is 0.0519. The minimum atomic E-state index is -0.712. The highest BCUT2D eigenvalue weighted by atomic mass is 35.5. The third-order valence-electron chi connectivity index (χ3n) is 6.32. The number of amides is 2. The second kappa shape index (κ2) is 15.3. The Morgan fingerprint density at radius 2 is 1.45 bits per heavy atom. The van der Waals surface area contributed by atoms with E-state index in [2.05, 4.69) is 15.8 Å². The highest BCUT2D eigenvalue weighted by Gasteiger charge is 2.15. The fourth-order valence-electron chi connectivity index (χ4n) is 4.03. The summed E-state index contributed by atoms with van der Waals surface area (Å²) in [5, 5.41) is 7.17. The van der Waals surface area contributed by atoms with Crippen LogP contribution < -0.4 is 20.2 Å². The van der Waals surface area contributed by atoms with Crippen molar-refractivity contribution in [1.29, 1.82) is 0 Å². The lowest BCUT2D eigenvalue weighted by Gasteiger charge is -2.09. The molecule has 5 aromatic rings. The largest absolute Gasteiger partial charge is 0.459 e. The number of hydrogen-bond acceptors (Lipinski definition) is 8. The monoisotopic (exact) mass is 667 g/mol. The van der Waals surface area contributed by atoms with Crippen molar-refractivity contribution in [3.63, 3.8) is 0 Å². The number of nitrogens with one attached hydrogen (secondary N) is 2. The lowest BCUT2D eigenvalue weighted by Crippen LogP contribution is -2.18. The van der Waals surface area contributed by atoms with Gasteiger partial charge < -0.3 is 19.2 Å². The van der Waals surface area contributed by atoms with Gasteiger partial charge in [-0.25, -0.2) is 15.0 Å². The molecule has 0 saturated heterocycles. The molecule has 0 aliphatic heterocycles. The van der Waals surface area contributed by atoms with Gasteiger partial charge in [0.05, 0.1) is 23.1 Å². The maximum Gasteiger partial charge on any atom is 0.345 e. The lowest BCUT2D eigenvalue weighted by molar-refractivity contribution is -0.128. The van der Waals surface area contributed by atoms with E-state index in [1.54, 1.807) is 66.7 Å². The number of anilines is 1. The van der Waals surface area contributed by atoms with Crippen molar-refractivity contribution in [1.82, 2.24) is 5.43 Å². The van der Waals surface area contributed by atoms with Crippen molar-refractivity contribution >= 4 is 64.9 Å². The van der Waals surface area contributed by atoms with Gasteiger partial charge in [-0.15, -0.1) is 0 Å². The molecule has 0 radical (unpaired) electrons. The van der Waals surface area contributed by atoms with Gasteiger partial charge in [-0.3, -0.25) is 9.59 Å². The summed E-state index contributed by atoms with van der Waals surface area (Å²) in [6.45, 7) is 0. The van der Waals surface area contributed by atoms with Crippen LogP contribution in [0.25, 0.3) is 6.08 Å². The Bertz CT molecular complexity index is 1990. The molecule has 0 aliphatic carbocycles. The molecule has 0 bridgehead atoms. The summed E-state index contributed by atoms with van der Waals surface area (Å²) in [4.78, 5) is 50.1. The van der Waals surface area contributed by atoms with Gasteiger partial charge in [0, 0.05) is 33.5 Å². The summed E-state index contributed by atoms with van der Waals surface area (Å²) in [5.41, 5.74) is 4.17. The molecule has 12 heteroatoms. The molecule has 0 saturated carbocycles. The summed E-state index contributed by atoms with van der Waals surface area (Å²) in [5.74, 6) is -1.78. The number of benzene rings is 4. The lowest BCUT2D eigenvalue weighted by atomic mass is 10.2. The Balaban J connectivity index is 1.18. The topological polar surface area (TPSA) is 136 Å². The van der Waals surface area contributed by atoms with E-state index in [4.69, 9.17) is 37.1 Å². The predicted molar refractivity (Wildman–Crippen MR) is 177 cm³/mol. The molecule has 2 N–H and O–H groups in total. The standard InChI is InChI=1S/C35H23Cl2N3O7/c36-25-14-17-27(28(37)20-25)35(44)47-29-8-3-1-6-22(29)13-18-32(41)46-30-9-4-2-7-24(30)21-38-40-33(42)23-11-15-26(16-12-23)39-34(43)31-10-5-19-45-31/h1-21H,(H,39,43)(H,40,42)/b18-13+,38-21+. The Kier molecular flexibility index (Phi) is 10.6. The van der Waals surface area contributed by atoms with Gasteiger partial charge >= 0.3 is 11.9 Å². The molecule has 10 nitrogen and oxygen atoms in total. The van der Waals surface area contributed by atoms with Crippen LogP contribution in [0.5, 0.6) is 11.5 Å². The third kappa shape index (κ3) is 8.82. The number of ether oxygens (including phenoxy) is 2. The minimum Gasteiger partial charge on any atom is -0.459 e. The number of rotatable bonds is 10. The Morgan fingerprint density at radius 3 is 2.15 bits per heavy atom. The number of esters is 2. The zero-order valence-corrected chi connectivity index (χ0v) is 25.7. The van der Waals surface area contributed by atoms with Crippen molar-refractivity contribution in [2.45, 2.75) is 0 Å². The van der Waals surface area contributed by atoms with Crippen molar-refractivity contribution in [3.05, 3.63) is 154 Å². The van der Waals surface area contributed by atoms with Crippen molar-refractivity contribution in [3.8, 4) is 11.5 Å². The number of carbonyl (C=O) groups excluding carboxylic acids is 4. The van der Waals surface area contributed by atoms with E-state index in [1.807, 2.05) is 0 Å². The highest BCUT2D eigenvalue weighted by Crippen LogP contribution is 2.25. The fraction of sp³-hybridized carbons (Fsp3) is 0. The Hall–Kier alpha value is -5.97. The molecule has 4 aromatic carbocycles. The van der Waals surface area contributed by atoms with Crippen LogP contribution in [0.15, 0.2) is 125 Å². The number of carbonyl (C=O) groups is 4. The van der Waals surface area contributed by atoms with Crippen molar-refractivity contribution < 1.29 is 33.1 Å². The Labute approximate surface area is 278 Å². The molecule has 0 spiro atoms. The molecule has 1 heterocycles. The van der Waals surface area contributed by atoms with E-state index < -0.39 is 23.8 Å². The van der Waals surface area contributed by atoms with Crippen LogP contribution in [0.2, 0.25) is 10.0 Å². The molecule has 1 aromatic heterocycles. The second-order valence-corrected chi connectivity index (χ2v) is 10.4. The van der Waals surface area contributed by atoms with E-state index in [1.165, 1.54) is 61.0 Å². The van der Waals surface area contributed by atoms with Crippen LogP contribution in [0, 0.1) is 0 Å². The van der Waals surface area contributed by atoms with E-state index in [0.717, 1.165) is 0 Å². The molecule has 0 atom stereocenters. The molecule has 0 unspecified atom stereocenters. The molecule has 47 heavy (non-hydrogen) atoms. The zero-order valence-electron chi connectivity index (χ0n) is 24.2. The first-order valence-electron chi connectivity index (χ1n) is 13.8. The van der Waals surface area contributed by atoms with E-state index in [-0.39, 0.29) is 27.8 Å². The van der Waals surface area contributed by atoms with Crippen LogP contribution in [0.3, 0.4) is 0 Å². The van der Waals surface area contributed by atoms with Crippen LogP contribution in [-0.4, -0.2) is 30.0 Å². The zero-order chi connectivity index (χ0) is 33.2. The maximum atomic E-state index is 12.7.